The van der Waals surface area contributed by atoms with Crippen LogP contribution < -0.4 is 5.73 Å². The first-order chi connectivity index (χ1) is 6.79. The Balaban J connectivity index is 2.06. The van der Waals surface area contributed by atoms with Gasteiger partial charge in [-0.1, -0.05) is 23.7 Å². The van der Waals surface area contributed by atoms with Crippen molar-refractivity contribution in [2.24, 2.45) is 5.73 Å². The largest absolute Gasteiger partial charge is 0.348 e. The molecule has 3 nitrogen and oxygen atoms in total. The van der Waals surface area contributed by atoms with E-state index in [-0.39, 0.29) is 12.4 Å². The highest BCUT2D eigenvalue weighted by atomic mass is 35.5. The summed E-state index contributed by atoms with van der Waals surface area (Å²) >= 11 is 5.78. The Morgan fingerprint density at radius 3 is 2.64 bits per heavy atom. The van der Waals surface area contributed by atoms with Crippen LogP contribution in [0.15, 0.2) is 24.3 Å². The molecule has 0 saturated carbocycles. The minimum atomic E-state index is -0.268. The Hall–Kier alpha value is -0.610. The van der Waals surface area contributed by atoms with Gasteiger partial charge in [0.15, 0.2) is 6.29 Å². The quantitative estimate of drug-likeness (QED) is 0.814. The van der Waals surface area contributed by atoms with E-state index in [9.17, 15) is 0 Å². The van der Waals surface area contributed by atoms with Crippen molar-refractivity contribution in [1.82, 2.24) is 0 Å². The summed E-state index contributed by atoms with van der Waals surface area (Å²) in [5.41, 5.74) is 6.50. The van der Waals surface area contributed by atoms with Gasteiger partial charge in [-0.05, 0) is 17.7 Å². The lowest BCUT2D eigenvalue weighted by Gasteiger charge is -2.09. The molecule has 0 radical (unpaired) electrons. The third kappa shape index (κ3) is 2.07. The van der Waals surface area contributed by atoms with Gasteiger partial charge in [-0.15, -0.1) is 0 Å². The Kier molecular flexibility index (Phi) is 3.03. The summed E-state index contributed by atoms with van der Waals surface area (Å²) < 4.78 is 10.9. The van der Waals surface area contributed by atoms with Crippen LogP contribution in [0.5, 0.6) is 0 Å². The second-order valence-corrected chi connectivity index (χ2v) is 3.61. The molecule has 1 saturated heterocycles. The third-order valence-electron chi connectivity index (χ3n) is 2.18. The third-order valence-corrected chi connectivity index (χ3v) is 2.44. The number of hydrogen-bond donors (Lipinski definition) is 1. The maximum Gasteiger partial charge on any atom is 0.170 e. The van der Waals surface area contributed by atoms with Gasteiger partial charge in [0.05, 0.1) is 6.61 Å². The summed E-state index contributed by atoms with van der Waals surface area (Å²) in [6, 6.07) is 7.57. The van der Waals surface area contributed by atoms with E-state index in [4.69, 9.17) is 26.8 Å². The molecule has 14 heavy (non-hydrogen) atoms. The summed E-state index contributed by atoms with van der Waals surface area (Å²) in [6.45, 7) is 0.952. The summed E-state index contributed by atoms with van der Waals surface area (Å²) in [4.78, 5) is 0. The van der Waals surface area contributed by atoms with E-state index in [1.165, 1.54) is 0 Å². The second-order valence-electron chi connectivity index (χ2n) is 3.17. The molecular weight excluding hydrogens is 202 g/mol. The maximum atomic E-state index is 5.78. The van der Waals surface area contributed by atoms with E-state index < -0.39 is 0 Å². The van der Waals surface area contributed by atoms with Crippen molar-refractivity contribution in [3.05, 3.63) is 34.9 Å². The normalized spacial score (nSPS) is 26.7. The first-order valence-corrected chi connectivity index (χ1v) is 4.90. The molecule has 1 aliphatic heterocycles. The smallest absolute Gasteiger partial charge is 0.170 e. The number of rotatable bonds is 2. The molecule has 1 fully saturated rings. The average Bonchev–Trinajstić information content (AvgIpc) is 2.67. The van der Waals surface area contributed by atoms with Gasteiger partial charge in [0.2, 0.25) is 0 Å². The molecule has 0 aliphatic carbocycles. The van der Waals surface area contributed by atoms with E-state index in [2.05, 4.69) is 0 Å². The van der Waals surface area contributed by atoms with Crippen LogP contribution in [-0.4, -0.2) is 19.4 Å². The molecule has 2 rings (SSSR count). The second kappa shape index (κ2) is 4.28. The highest BCUT2D eigenvalue weighted by molar-refractivity contribution is 6.30. The van der Waals surface area contributed by atoms with Crippen molar-refractivity contribution in [2.75, 3.05) is 13.2 Å². The zero-order chi connectivity index (χ0) is 9.97. The monoisotopic (exact) mass is 213 g/mol. The van der Waals surface area contributed by atoms with Gasteiger partial charge in [-0.2, -0.15) is 0 Å². The first kappa shape index (κ1) is 9.93. The molecule has 2 N–H and O–H groups in total. The zero-order valence-electron chi connectivity index (χ0n) is 7.65. The fourth-order valence-electron chi connectivity index (χ4n) is 1.43. The molecule has 2 atom stereocenters. The summed E-state index contributed by atoms with van der Waals surface area (Å²) in [5, 5.41) is 0.725. The average molecular weight is 214 g/mol. The first-order valence-electron chi connectivity index (χ1n) is 4.52. The molecule has 0 spiro atoms. The van der Waals surface area contributed by atoms with Crippen molar-refractivity contribution >= 4 is 11.6 Å². The Morgan fingerprint density at radius 2 is 2.07 bits per heavy atom. The van der Waals surface area contributed by atoms with Gasteiger partial charge in [-0.3, -0.25) is 0 Å². The molecule has 1 aromatic rings. The van der Waals surface area contributed by atoms with Crippen molar-refractivity contribution in [1.29, 1.82) is 0 Å². The molecule has 4 heteroatoms. The van der Waals surface area contributed by atoms with Gasteiger partial charge in [0, 0.05) is 11.6 Å². The van der Waals surface area contributed by atoms with E-state index >= 15 is 0 Å². The van der Waals surface area contributed by atoms with Crippen LogP contribution in [0.3, 0.4) is 0 Å². The fourth-order valence-corrected chi connectivity index (χ4v) is 1.56. The molecule has 1 aliphatic rings. The van der Waals surface area contributed by atoms with Crippen LogP contribution in [0.25, 0.3) is 0 Å². The predicted octanol–water partition coefficient (Wildman–Crippen LogP) is 1.71. The van der Waals surface area contributed by atoms with Crippen LogP contribution in [0.4, 0.5) is 0 Å². The molecule has 1 heterocycles. The molecule has 0 amide bonds. The lowest BCUT2D eigenvalue weighted by atomic mass is 10.1. The number of ether oxygens (including phenoxy) is 2. The molecule has 2 unspecified atom stereocenters. The van der Waals surface area contributed by atoms with E-state index in [0.717, 1.165) is 10.6 Å². The topological polar surface area (TPSA) is 44.5 Å². The Morgan fingerprint density at radius 1 is 1.36 bits per heavy atom. The Labute approximate surface area is 87.8 Å². The van der Waals surface area contributed by atoms with Crippen molar-refractivity contribution in [3.63, 3.8) is 0 Å². The van der Waals surface area contributed by atoms with Crippen molar-refractivity contribution in [2.45, 2.75) is 12.4 Å². The van der Waals surface area contributed by atoms with Crippen LogP contribution in [0.1, 0.15) is 11.7 Å². The Bertz CT molecular complexity index is 301. The van der Waals surface area contributed by atoms with Crippen molar-refractivity contribution in [3.8, 4) is 0 Å². The van der Waals surface area contributed by atoms with E-state index in [0.29, 0.717) is 13.2 Å². The molecule has 0 bridgehead atoms. The number of hydrogen-bond acceptors (Lipinski definition) is 3. The van der Waals surface area contributed by atoms with Gasteiger partial charge < -0.3 is 15.2 Å². The van der Waals surface area contributed by atoms with E-state index in [1.807, 2.05) is 24.3 Å². The van der Waals surface area contributed by atoms with Gasteiger partial charge >= 0.3 is 0 Å². The summed E-state index contributed by atoms with van der Waals surface area (Å²) in [7, 11) is 0. The van der Waals surface area contributed by atoms with Gasteiger partial charge in [-0.25, -0.2) is 0 Å². The summed E-state index contributed by atoms with van der Waals surface area (Å²) in [6.07, 6.45) is -0.281. The van der Waals surface area contributed by atoms with Crippen LogP contribution in [-0.2, 0) is 9.47 Å². The number of halogens is 1. The van der Waals surface area contributed by atoms with Crippen LogP contribution >= 0.6 is 11.6 Å². The van der Waals surface area contributed by atoms with Gasteiger partial charge in [0.1, 0.15) is 6.10 Å². The minimum Gasteiger partial charge on any atom is -0.348 e. The molecule has 76 valence electrons. The minimum absolute atomic E-state index is 0.0131. The highest BCUT2D eigenvalue weighted by Crippen LogP contribution is 2.26. The number of nitrogens with two attached hydrogens (primary N) is 1. The van der Waals surface area contributed by atoms with Crippen molar-refractivity contribution < 1.29 is 9.47 Å². The summed E-state index contributed by atoms with van der Waals surface area (Å²) in [5.74, 6) is 0. The predicted molar refractivity (Wildman–Crippen MR) is 54.1 cm³/mol. The maximum absolute atomic E-state index is 5.78. The van der Waals surface area contributed by atoms with E-state index in [1.54, 1.807) is 0 Å². The fraction of sp³-hybridized carbons (Fsp3) is 0.400. The molecule has 0 aromatic heterocycles. The standard InChI is InChI=1S/C10H12ClNO2/c11-8-3-1-7(2-4-8)9-6-13-10(5-12)14-9/h1-4,9-10H,5-6,12H2. The van der Waals surface area contributed by atoms with Crippen LogP contribution in [0.2, 0.25) is 5.02 Å². The molecular formula is C10H12ClNO2. The highest BCUT2D eigenvalue weighted by Gasteiger charge is 2.25. The SMILES string of the molecule is NCC1OCC(c2ccc(Cl)cc2)O1. The molecule has 1 aromatic carbocycles. The van der Waals surface area contributed by atoms with Crippen LogP contribution in [0, 0.1) is 0 Å². The van der Waals surface area contributed by atoms with Gasteiger partial charge in [0.25, 0.3) is 0 Å². The lowest BCUT2D eigenvalue weighted by Crippen LogP contribution is -2.20. The zero-order valence-corrected chi connectivity index (χ0v) is 8.41. The lowest BCUT2D eigenvalue weighted by molar-refractivity contribution is -0.0497. The number of benzene rings is 1.